The molecule has 0 aliphatic carbocycles. The summed E-state index contributed by atoms with van der Waals surface area (Å²) in [7, 11) is 0. The minimum atomic E-state index is -0.258. The largest absolute Gasteiger partial charge is 0.516 e. The molecule has 1 fully saturated rings. The summed E-state index contributed by atoms with van der Waals surface area (Å²) in [4.78, 5) is 15.8. The Bertz CT molecular complexity index is 440. The van der Waals surface area contributed by atoms with Gasteiger partial charge in [-0.25, -0.2) is 4.79 Å². The van der Waals surface area contributed by atoms with Gasteiger partial charge < -0.3 is 14.7 Å². The van der Waals surface area contributed by atoms with Crippen LogP contribution in [0.15, 0.2) is 42.7 Å². The Morgan fingerprint density at radius 1 is 1.20 bits per heavy atom. The minimum absolute atomic E-state index is 0.258. The summed E-state index contributed by atoms with van der Waals surface area (Å²) in [6.45, 7) is 3.94. The van der Waals surface area contributed by atoms with Gasteiger partial charge in [0.25, 0.3) is 0 Å². The highest BCUT2D eigenvalue weighted by atomic mass is 16.6. The van der Waals surface area contributed by atoms with E-state index in [9.17, 15) is 4.79 Å². The molecule has 2 rings (SSSR count). The van der Waals surface area contributed by atoms with Crippen LogP contribution in [-0.2, 0) is 11.3 Å². The van der Waals surface area contributed by atoms with Gasteiger partial charge in [-0.3, -0.25) is 4.90 Å². The number of nitrogens with zero attached hydrogens (tertiary/aromatic N) is 2. The number of carbonyl (C=O) groups is 1. The van der Waals surface area contributed by atoms with E-state index < -0.39 is 0 Å². The summed E-state index contributed by atoms with van der Waals surface area (Å²) >= 11 is 0. The Morgan fingerprint density at radius 2 is 1.90 bits per heavy atom. The molecule has 1 saturated heterocycles. The second-order valence-corrected chi connectivity index (χ2v) is 4.71. The van der Waals surface area contributed by atoms with E-state index in [0.29, 0.717) is 26.2 Å². The van der Waals surface area contributed by atoms with Gasteiger partial charge in [0.1, 0.15) is 6.61 Å². The third-order valence-electron chi connectivity index (χ3n) is 3.30. The van der Waals surface area contributed by atoms with Crippen LogP contribution in [0.5, 0.6) is 0 Å². The van der Waals surface area contributed by atoms with Crippen LogP contribution in [0.25, 0.3) is 0 Å². The molecule has 1 aliphatic rings. The highest BCUT2D eigenvalue weighted by Gasteiger charge is 2.21. The van der Waals surface area contributed by atoms with E-state index in [1.165, 1.54) is 0 Å². The number of piperazine rings is 1. The molecule has 1 heterocycles. The van der Waals surface area contributed by atoms with Gasteiger partial charge >= 0.3 is 6.09 Å². The quantitative estimate of drug-likeness (QED) is 0.855. The molecule has 5 heteroatoms. The Balaban J connectivity index is 1.72. The van der Waals surface area contributed by atoms with Gasteiger partial charge in [-0.1, -0.05) is 30.3 Å². The molecule has 1 aromatic carbocycles. The van der Waals surface area contributed by atoms with Crippen molar-refractivity contribution < 1.29 is 14.6 Å². The second kappa shape index (κ2) is 7.55. The van der Waals surface area contributed by atoms with Gasteiger partial charge in [-0.2, -0.15) is 0 Å². The van der Waals surface area contributed by atoms with Crippen LogP contribution in [0.2, 0.25) is 0 Å². The van der Waals surface area contributed by atoms with Crippen molar-refractivity contribution in [1.82, 2.24) is 9.80 Å². The third-order valence-corrected chi connectivity index (χ3v) is 3.30. The number of hydrogen-bond donors (Lipinski definition) is 1. The SMILES string of the molecule is O=C(OCc1ccccc1)N1CCN(C/C=C/O)CC1. The first-order chi connectivity index (χ1) is 9.79. The Hall–Kier alpha value is -2.01. The normalized spacial score (nSPS) is 16.5. The average Bonchev–Trinajstić information content (AvgIpc) is 2.52. The zero-order chi connectivity index (χ0) is 14.2. The molecule has 1 amide bonds. The number of benzene rings is 1. The zero-order valence-corrected chi connectivity index (χ0v) is 11.4. The summed E-state index contributed by atoms with van der Waals surface area (Å²) < 4.78 is 5.30. The summed E-state index contributed by atoms with van der Waals surface area (Å²) in [6.07, 6.45) is 2.50. The lowest BCUT2D eigenvalue weighted by molar-refractivity contribution is 0.0740. The molecule has 0 aromatic heterocycles. The van der Waals surface area contributed by atoms with Crippen molar-refractivity contribution >= 4 is 6.09 Å². The first-order valence-electron chi connectivity index (χ1n) is 6.77. The summed E-state index contributed by atoms with van der Waals surface area (Å²) in [5.41, 5.74) is 0.993. The topological polar surface area (TPSA) is 53.0 Å². The molecule has 5 nitrogen and oxygen atoms in total. The highest BCUT2D eigenvalue weighted by Crippen LogP contribution is 2.06. The van der Waals surface area contributed by atoms with Crippen LogP contribution in [0, 0.1) is 0 Å². The zero-order valence-electron chi connectivity index (χ0n) is 11.4. The molecule has 0 saturated carbocycles. The number of hydrogen-bond acceptors (Lipinski definition) is 4. The van der Waals surface area contributed by atoms with E-state index in [-0.39, 0.29) is 6.09 Å². The molecule has 0 bridgehead atoms. The van der Waals surface area contributed by atoms with Crippen molar-refractivity contribution in [1.29, 1.82) is 0 Å². The third kappa shape index (κ3) is 4.28. The summed E-state index contributed by atoms with van der Waals surface area (Å²) in [5, 5.41) is 8.62. The Morgan fingerprint density at radius 3 is 2.55 bits per heavy atom. The van der Waals surface area contributed by atoms with E-state index in [2.05, 4.69) is 4.90 Å². The predicted octanol–water partition coefficient (Wildman–Crippen LogP) is 2.01. The van der Waals surface area contributed by atoms with Crippen LogP contribution >= 0.6 is 0 Å². The number of aliphatic hydroxyl groups excluding tert-OH is 1. The summed E-state index contributed by atoms with van der Waals surface area (Å²) in [5.74, 6) is 0. The molecular formula is C15H20N2O3. The van der Waals surface area contributed by atoms with Gasteiger partial charge in [0, 0.05) is 32.7 Å². The monoisotopic (exact) mass is 276 g/mol. The van der Waals surface area contributed by atoms with Crippen molar-refractivity contribution in [3.8, 4) is 0 Å². The number of ether oxygens (including phenoxy) is 1. The average molecular weight is 276 g/mol. The predicted molar refractivity (Wildman–Crippen MR) is 76.4 cm³/mol. The number of carbonyl (C=O) groups excluding carboxylic acids is 1. The lowest BCUT2D eigenvalue weighted by atomic mass is 10.2. The van der Waals surface area contributed by atoms with Crippen LogP contribution < -0.4 is 0 Å². The van der Waals surface area contributed by atoms with Gasteiger partial charge in [0.05, 0.1) is 6.26 Å². The Labute approximate surface area is 119 Å². The maximum Gasteiger partial charge on any atom is 0.410 e. The van der Waals surface area contributed by atoms with E-state index in [4.69, 9.17) is 9.84 Å². The van der Waals surface area contributed by atoms with Crippen LogP contribution in [0.3, 0.4) is 0 Å². The van der Waals surface area contributed by atoms with Crippen molar-refractivity contribution in [2.75, 3.05) is 32.7 Å². The molecule has 108 valence electrons. The Kier molecular flexibility index (Phi) is 5.43. The molecule has 1 N–H and O–H groups in total. The van der Waals surface area contributed by atoms with Gasteiger partial charge in [-0.05, 0) is 11.6 Å². The minimum Gasteiger partial charge on any atom is -0.516 e. The lowest BCUT2D eigenvalue weighted by Crippen LogP contribution is -2.48. The molecule has 0 atom stereocenters. The second-order valence-electron chi connectivity index (χ2n) is 4.71. The lowest BCUT2D eigenvalue weighted by Gasteiger charge is -2.33. The molecule has 1 aromatic rings. The first kappa shape index (κ1) is 14.4. The van der Waals surface area contributed by atoms with E-state index in [0.717, 1.165) is 24.9 Å². The fourth-order valence-electron chi connectivity index (χ4n) is 2.12. The number of rotatable bonds is 4. The molecular weight excluding hydrogens is 256 g/mol. The van der Waals surface area contributed by atoms with E-state index >= 15 is 0 Å². The fraction of sp³-hybridized carbons (Fsp3) is 0.400. The molecule has 0 radical (unpaired) electrons. The number of amides is 1. The van der Waals surface area contributed by atoms with Gasteiger partial charge in [-0.15, -0.1) is 0 Å². The standard InChI is InChI=1S/C15H20N2O3/c18-12-4-7-16-8-10-17(11-9-16)15(19)20-13-14-5-2-1-3-6-14/h1-6,12,18H,7-11,13H2/b12-4+. The van der Waals surface area contributed by atoms with Crippen LogP contribution in [-0.4, -0.2) is 53.7 Å². The summed E-state index contributed by atoms with van der Waals surface area (Å²) in [6, 6.07) is 9.66. The number of aliphatic hydroxyl groups is 1. The van der Waals surface area contributed by atoms with Crippen molar-refractivity contribution in [3.63, 3.8) is 0 Å². The van der Waals surface area contributed by atoms with Crippen molar-refractivity contribution in [2.45, 2.75) is 6.61 Å². The molecule has 1 aliphatic heterocycles. The maximum atomic E-state index is 11.9. The molecule has 20 heavy (non-hydrogen) atoms. The van der Waals surface area contributed by atoms with Crippen LogP contribution in [0.1, 0.15) is 5.56 Å². The van der Waals surface area contributed by atoms with E-state index in [1.807, 2.05) is 30.3 Å². The van der Waals surface area contributed by atoms with Crippen molar-refractivity contribution in [2.24, 2.45) is 0 Å². The van der Waals surface area contributed by atoms with E-state index in [1.54, 1.807) is 11.0 Å². The molecule has 0 spiro atoms. The highest BCUT2D eigenvalue weighted by molar-refractivity contribution is 5.67. The molecule has 0 unspecified atom stereocenters. The van der Waals surface area contributed by atoms with Gasteiger partial charge in [0.15, 0.2) is 0 Å². The van der Waals surface area contributed by atoms with Crippen LogP contribution in [0.4, 0.5) is 4.79 Å². The van der Waals surface area contributed by atoms with Gasteiger partial charge in [0.2, 0.25) is 0 Å². The maximum absolute atomic E-state index is 11.9. The van der Waals surface area contributed by atoms with Crippen molar-refractivity contribution in [3.05, 3.63) is 48.2 Å². The first-order valence-corrected chi connectivity index (χ1v) is 6.77. The fourth-order valence-corrected chi connectivity index (χ4v) is 2.12. The smallest absolute Gasteiger partial charge is 0.410 e.